The lowest BCUT2D eigenvalue weighted by molar-refractivity contribution is 0.0428. The van der Waals surface area contributed by atoms with E-state index in [0.29, 0.717) is 28.0 Å². The lowest BCUT2D eigenvalue weighted by Crippen LogP contribution is -2.26. The molecule has 0 atom stereocenters. The predicted octanol–water partition coefficient (Wildman–Crippen LogP) is 18.2. The van der Waals surface area contributed by atoms with Crippen molar-refractivity contribution in [3.63, 3.8) is 0 Å². The predicted molar refractivity (Wildman–Crippen MR) is 304 cm³/mol. The molecule has 0 radical (unpaired) electrons. The maximum Gasteiger partial charge on any atom is 0.298 e. The highest BCUT2D eigenvalue weighted by Crippen LogP contribution is 2.52. The monoisotopic (exact) mass is 984 g/mol. The van der Waals surface area contributed by atoms with Crippen LogP contribution in [-0.2, 0) is 16.8 Å². The minimum atomic E-state index is -3.73. The SMILES string of the molecule is [2H]c1c([2H])c([2H])c(-c2c([2H])c(-c3c([2H])c([2H])c([2H])c([2H])c3[2H])c(N3CN(c4cc(C(C)(C)C)cc(C(F)(F)c5ccc6c7ccccc7n(-c7cc(C(C)(C)c8ccccc8)ccn7)c6c5)c4)c4ccccc43)c(-c3c([2H])c([2H])c([2H])c([2H])c3[2H])c2[2H])c([2H])c1[2H]. The summed E-state index contributed by atoms with van der Waals surface area (Å²) in [4.78, 5) is 7.91. The molecule has 0 unspecified atom stereocenters. The third-order valence-corrected chi connectivity index (χ3v) is 13.9. The highest BCUT2D eigenvalue weighted by Gasteiger charge is 2.39. The summed E-state index contributed by atoms with van der Waals surface area (Å²) in [5.74, 6) is -3.21. The van der Waals surface area contributed by atoms with E-state index in [9.17, 15) is 8.22 Å². The summed E-state index contributed by atoms with van der Waals surface area (Å²) in [5, 5.41) is 1.53. The van der Waals surface area contributed by atoms with Crippen molar-refractivity contribution in [1.29, 1.82) is 0 Å². The molecule has 6 heteroatoms. The van der Waals surface area contributed by atoms with E-state index >= 15 is 8.78 Å². The van der Waals surface area contributed by atoms with Crippen LogP contribution in [0.3, 0.4) is 0 Å². The van der Waals surface area contributed by atoms with Crippen molar-refractivity contribution >= 4 is 44.6 Å². The Morgan fingerprint density at radius 3 is 1.69 bits per heavy atom. The van der Waals surface area contributed by atoms with Crippen molar-refractivity contribution in [2.24, 2.45) is 0 Å². The zero-order valence-corrected chi connectivity index (χ0v) is 41.0. The van der Waals surface area contributed by atoms with Gasteiger partial charge in [-0.15, -0.1) is 0 Å². The van der Waals surface area contributed by atoms with E-state index in [1.54, 1.807) is 47.5 Å². The van der Waals surface area contributed by atoms with Gasteiger partial charge >= 0.3 is 0 Å². The van der Waals surface area contributed by atoms with Crippen LogP contribution < -0.4 is 9.80 Å². The van der Waals surface area contributed by atoms with Gasteiger partial charge in [-0.2, -0.15) is 8.78 Å². The van der Waals surface area contributed by atoms with Gasteiger partial charge < -0.3 is 9.80 Å². The van der Waals surface area contributed by atoms with Gasteiger partial charge in [-0.05, 0) is 111 Å². The van der Waals surface area contributed by atoms with Gasteiger partial charge in [0.25, 0.3) is 5.92 Å². The Morgan fingerprint density at radius 2 is 1.04 bits per heavy atom. The first-order valence-corrected chi connectivity index (χ1v) is 24.0. The van der Waals surface area contributed by atoms with Crippen molar-refractivity contribution < 1.29 is 32.1 Å². The van der Waals surface area contributed by atoms with Gasteiger partial charge in [0.15, 0.2) is 0 Å². The van der Waals surface area contributed by atoms with Crippen LogP contribution in [0.5, 0.6) is 0 Å². The van der Waals surface area contributed by atoms with E-state index in [2.05, 4.69) is 26.0 Å². The molecule has 1 aliphatic rings. The van der Waals surface area contributed by atoms with E-state index in [-0.39, 0.29) is 16.9 Å². The van der Waals surface area contributed by atoms with Crippen molar-refractivity contribution in [1.82, 2.24) is 9.55 Å². The van der Waals surface area contributed by atoms with Crippen LogP contribution >= 0.6 is 0 Å². The van der Waals surface area contributed by atoms with Gasteiger partial charge in [-0.3, -0.25) is 4.57 Å². The molecule has 0 saturated carbocycles. The molecule has 0 amide bonds. The number of benzene rings is 9. The van der Waals surface area contributed by atoms with E-state index in [4.69, 9.17) is 20.1 Å². The molecule has 0 N–H and O–H groups in total. The van der Waals surface area contributed by atoms with Crippen LogP contribution in [0, 0.1) is 0 Å². The van der Waals surface area contributed by atoms with Crippen LogP contribution in [0.1, 0.15) is 85.7 Å². The normalized spacial score (nSPS) is 16.2. The highest BCUT2D eigenvalue weighted by atomic mass is 19.3. The van der Waals surface area contributed by atoms with E-state index in [1.165, 1.54) is 29.2 Å². The lowest BCUT2D eigenvalue weighted by atomic mass is 9.78. The molecule has 4 nitrogen and oxygen atoms in total. The molecule has 12 rings (SSSR count). The number of para-hydroxylation sites is 3. The topological polar surface area (TPSA) is 24.3 Å². The molecule has 0 aliphatic carbocycles. The molecule has 0 saturated heterocycles. The van der Waals surface area contributed by atoms with Crippen LogP contribution in [0.4, 0.5) is 31.5 Å². The molecule has 0 spiro atoms. The van der Waals surface area contributed by atoms with Gasteiger partial charge in [0.1, 0.15) is 12.5 Å². The number of pyridine rings is 1. The average molecular weight is 984 g/mol. The fourth-order valence-corrected chi connectivity index (χ4v) is 9.94. The number of aromatic nitrogens is 2. The average Bonchev–Trinajstić information content (AvgIpc) is 1.65. The van der Waals surface area contributed by atoms with Crippen LogP contribution in [0.25, 0.3) is 61.0 Å². The number of alkyl halides is 2. The van der Waals surface area contributed by atoms with Crippen molar-refractivity contribution in [3.05, 3.63) is 264 Å². The van der Waals surface area contributed by atoms with E-state index in [0.717, 1.165) is 22.0 Å². The summed E-state index contributed by atoms with van der Waals surface area (Å²) in [6, 6.07) is 22.3. The van der Waals surface area contributed by atoms with Gasteiger partial charge in [0.05, 0.1) is 51.4 Å². The molecule has 3 heterocycles. The fraction of sp³-hybridized carbons (Fsp3) is 0.132. The van der Waals surface area contributed by atoms with Crippen molar-refractivity contribution in [3.8, 4) is 39.2 Å². The van der Waals surface area contributed by atoms with Crippen molar-refractivity contribution in [2.75, 3.05) is 16.5 Å². The standard InChI is InChI=1S/C68H56F2N4/c1-66(2,3)53-40-54(68(69,70)52-34-35-57-56-30-18-19-31-60(56)74(63(57)43-52)64-44-51(36-37-71-64)67(4,5)50-28-16-9-17-29-50)42-55(41-53)72-45-73(62-33-21-20-32-61(62)72)65-58(47-24-12-7-13-25-47)38-49(46-22-10-6-11-23-46)39-59(65)48-26-14-8-15-27-48/h6-44H,45H2,1-5H3/i6D,7D,8D,10D,11D,12D,13D,14D,15D,22D,23D,24D,25D,26D,27D,38D,39D. The quantitative estimate of drug-likeness (QED) is 0.136. The van der Waals surface area contributed by atoms with Gasteiger partial charge in [-0.1, -0.05) is 198 Å². The third-order valence-electron chi connectivity index (χ3n) is 13.9. The molecule has 0 bridgehead atoms. The summed E-state index contributed by atoms with van der Waals surface area (Å²) in [7, 11) is 0. The Balaban J connectivity index is 1.10. The molecule has 74 heavy (non-hydrogen) atoms. The summed E-state index contributed by atoms with van der Waals surface area (Å²) < 4.78 is 193. The maximum atomic E-state index is 18.4. The zero-order chi connectivity index (χ0) is 65.6. The zero-order valence-electron chi connectivity index (χ0n) is 58.0. The summed E-state index contributed by atoms with van der Waals surface area (Å²) in [5.41, 5.74) is -2.12. The summed E-state index contributed by atoms with van der Waals surface area (Å²) in [6.45, 7) is 9.37. The Kier molecular flexibility index (Phi) is 7.62. The number of fused-ring (bicyclic) bond motifs is 4. The van der Waals surface area contributed by atoms with E-state index < -0.39 is 171 Å². The maximum absolute atomic E-state index is 18.4. The Labute approximate surface area is 456 Å². The molecule has 2 aromatic heterocycles. The Morgan fingerprint density at radius 1 is 0.473 bits per heavy atom. The Bertz CT molecular complexity index is 4730. The van der Waals surface area contributed by atoms with Crippen molar-refractivity contribution in [2.45, 2.75) is 51.4 Å². The first-order chi connectivity index (χ1) is 42.9. The number of hydrogen-bond acceptors (Lipinski definition) is 3. The molecule has 362 valence electrons. The minimum Gasteiger partial charge on any atom is -0.321 e. The smallest absolute Gasteiger partial charge is 0.298 e. The summed E-state index contributed by atoms with van der Waals surface area (Å²) >= 11 is 0. The number of rotatable bonds is 10. The molecular weight excluding hydrogens is 911 g/mol. The minimum absolute atomic E-state index is 0.191. The number of nitrogens with zero attached hydrogens (tertiary/aromatic N) is 4. The molecule has 1 aliphatic heterocycles. The Hall–Kier alpha value is -8.61. The second kappa shape index (κ2) is 18.2. The molecule has 0 fully saturated rings. The van der Waals surface area contributed by atoms with Gasteiger partial charge in [-0.25, -0.2) is 4.98 Å². The fourth-order valence-electron chi connectivity index (χ4n) is 9.94. The largest absolute Gasteiger partial charge is 0.321 e. The number of halogens is 2. The number of anilines is 4. The lowest BCUT2D eigenvalue weighted by Gasteiger charge is -2.30. The van der Waals surface area contributed by atoms with Gasteiger partial charge in [0, 0.05) is 50.3 Å². The first kappa shape index (κ1) is 31.1. The second-order valence-corrected chi connectivity index (χ2v) is 19.8. The third kappa shape index (κ3) is 8.11. The number of hydrogen-bond donors (Lipinski definition) is 0. The van der Waals surface area contributed by atoms with Gasteiger partial charge in [0.2, 0.25) is 0 Å². The molecule has 11 aromatic rings. The van der Waals surface area contributed by atoms with Crippen LogP contribution in [0.15, 0.2) is 236 Å². The summed E-state index contributed by atoms with van der Waals surface area (Å²) in [6.07, 6.45) is 1.72. The van der Waals surface area contributed by atoms with Crippen LogP contribution in [0.2, 0.25) is 0 Å². The first-order valence-electron chi connectivity index (χ1n) is 32.5. The van der Waals surface area contributed by atoms with Crippen LogP contribution in [-0.4, -0.2) is 16.2 Å². The van der Waals surface area contributed by atoms with E-state index in [1.807, 2.05) is 79.9 Å². The molecule has 9 aromatic carbocycles. The second-order valence-electron chi connectivity index (χ2n) is 19.8. The highest BCUT2D eigenvalue weighted by molar-refractivity contribution is 6.09. The molecular formula is C68H56F2N4.